The molecule has 43 heavy (non-hydrogen) atoms. The highest BCUT2D eigenvalue weighted by Gasteiger charge is 2.40. The minimum Gasteiger partial charge on any atom is -0.135 e. The van der Waals surface area contributed by atoms with E-state index in [-0.39, 0.29) is 0 Å². The van der Waals surface area contributed by atoms with Crippen LogP contribution in [0.4, 0.5) is 0 Å². The van der Waals surface area contributed by atoms with E-state index in [0.717, 1.165) is 0 Å². The third-order valence-corrected chi connectivity index (χ3v) is 15.7. The summed E-state index contributed by atoms with van der Waals surface area (Å²) in [7, 11) is -1.93. The molecule has 3 heteroatoms. The molecule has 0 unspecified atom stereocenters. The Labute approximate surface area is 258 Å². The first-order chi connectivity index (χ1) is 21.1. The van der Waals surface area contributed by atoms with Gasteiger partial charge in [-0.15, -0.1) is 22.7 Å². The van der Waals surface area contributed by atoms with Crippen molar-refractivity contribution < 1.29 is 0 Å². The summed E-state index contributed by atoms with van der Waals surface area (Å²) in [6.07, 6.45) is 0. The molecule has 2 aromatic heterocycles. The topological polar surface area (TPSA) is 0 Å². The zero-order chi connectivity index (χ0) is 28.4. The molecule has 0 nitrogen and oxygen atoms in total. The second-order valence-electron chi connectivity index (χ2n) is 12.5. The quantitative estimate of drug-likeness (QED) is 0.130. The summed E-state index contributed by atoms with van der Waals surface area (Å²) >= 11 is 3.86. The molecule has 9 aromatic rings. The molecular weight excluding hydrogens is 573 g/mol. The van der Waals surface area contributed by atoms with Gasteiger partial charge in [0.25, 0.3) is 0 Å². The summed E-state index contributed by atoms with van der Waals surface area (Å²) in [5, 5.41) is 14.3. The Kier molecular flexibility index (Phi) is 4.74. The molecule has 0 radical (unpaired) electrons. The Morgan fingerprint density at radius 1 is 0.465 bits per heavy atom. The van der Waals surface area contributed by atoms with Gasteiger partial charge in [0.1, 0.15) is 8.07 Å². The Morgan fingerprint density at radius 2 is 1.07 bits per heavy atom. The van der Waals surface area contributed by atoms with Gasteiger partial charge in [0, 0.05) is 45.7 Å². The second-order valence-corrected chi connectivity index (χ2v) is 18.9. The summed E-state index contributed by atoms with van der Waals surface area (Å²) in [5.74, 6) is 0. The van der Waals surface area contributed by atoms with Crippen molar-refractivity contribution in [1.29, 1.82) is 0 Å². The number of rotatable bonds is 1. The summed E-state index contributed by atoms with van der Waals surface area (Å²) in [6, 6.07) is 46.0. The highest BCUT2D eigenvalue weighted by molar-refractivity contribution is 7.27. The van der Waals surface area contributed by atoms with Crippen LogP contribution in [-0.4, -0.2) is 8.07 Å². The van der Waals surface area contributed by atoms with Crippen LogP contribution in [0, 0.1) is 0 Å². The first-order valence-electron chi connectivity index (χ1n) is 14.9. The number of hydrogen-bond acceptors (Lipinski definition) is 2. The molecule has 0 saturated carbocycles. The van der Waals surface area contributed by atoms with Crippen LogP contribution in [0.1, 0.15) is 0 Å². The third kappa shape index (κ3) is 3.14. The van der Waals surface area contributed by atoms with E-state index in [2.05, 4.69) is 134 Å². The van der Waals surface area contributed by atoms with Gasteiger partial charge < -0.3 is 0 Å². The average Bonchev–Trinajstić information content (AvgIpc) is 3.68. The Hall–Kier alpha value is -4.28. The lowest BCUT2D eigenvalue weighted by atomic mass is 9.92. The van der Waals surface area contributed by atoms with Crippen molar-refractivity contribution >= 4 is 103 Å². The molecule has 0 atom stereocenters. The van der Waals surface area contributed by atoms with E-state index in [9.17, 15) is 0 Å². The molecule has 0 fully saturated rings. The van der Waals surface area contributed by atoms with Crippen molar-refractivity contribution in [2.75, 3.05) is 0 Å². The minimum atomic E-state index is -1.93. The maximum atomic E-state index is 2.56. The molecule has 0 bridgehead atoms. The van der Waals surface area contributed by atoms with Crippen LogP contribution in [0.3, 0.4) is 0 Å². The smallest absolute Gasteiger partial charge is 0.114 e. The Bertz CT molecular complexity index is 2650. The molecule has 7 aromatic carbocycles. The molecular formula is C40H26S2Si. The van der Waals surface area contributed by atoms with Crippen LogP contribution >= 0.6 is 22.7 Å². The van der Waals surface area contributed by atoms with Crippen molar-refractivity contribution in [2.45, 2.75) is 13.1 Å². The van der Waals surface area contributed by atoms with Crippen molar-refractivity contribution in [3.63, 3.8) is 0 Å². The van der Waals surface area contributed by atoms with Gasteiger partial charge in [0.05, 0.1) is 0 Å². The van der Waals surface area contributed by atoms with E-state index in [1.165, 1.54) is 84.1 Å². The normalized spacial score (nSPS) is 14.0. The van der Waals surface area contributed by atoms with Crippen molar-refractivity contribution in [3.8, 4) is 22.3 Å². The van der Waals surface area contributed by atoms with Crippen LogP contribution in [-0.2, 0) is 0 Å². The van der Waals surface area contributed by atoms with E-state index < -0.39 is 8.07 Å². The fraction of sp³-hybridized carbons (Fsp3) is 0.0500. The monoisotopic (exact) mass is 598 g/mol. The molecule has 0 spiro atoms. The van der Waals surface area contributed by atoms with Crippen molar-refractivity contribution in [3.05, 3.63) is 121 Å². The van der Waals surface area contributed by atoms with E-state index in [1.54, 1.807) is 10.4 Å². The highest BCUT2D eigenvalue weighted by atomic mass is 32.1. The van der Waals surface area contributed by atoms with Gasteiger partial charge in [-0.2, -0.15) is 0 Å². The molecule has 10 rings (SSSR count). The maximum absolute atomic E-state index is 2.56. The maximum Gasteiger partial charge on any atom is 0.114 e. The second kappa shape index (κ2) is 8.42. The van der Waals surface area contributed by atoms with E-state index in [4.69, 9.17) is 0 Å². The van der Waals surface area contributed by atoms with Crippen LogP contribution in [0.15, 0.2) is 121 Å². The van der Waals surface area contributed by atoms with Gasteiger partial charge in [0.15, 0.2) is 0 Å². The first-order valence-corrected chi connectivity index (χ1v) is 19.6. The van der Waals surface area contributed by atoms with E-state index in [1.807, 2.05) is 22.7 Å². The summed E-state index contributed by atoms with van der Waals surface area (Å²) in [4.78, 5) is 0. The average molecular weight is 599 g/mol. The van der Waals surface area contributed by atoms with E-state index in [0.29, 0.717) is 0 Å². The zero-order valence-electron chi connectivity index (χ0n) is 23.9. The molecule has 0 N–H and O–H groups in total. The van der Waals surface area contributed by atoms with Crippen molar-refractivity contribution in [2.24, 2.45) is 0 Å². The molecule has 1 aliphatic rings. The zero-order valence-corrected chi connectivity index (χ0v) is 26.5. The fourth-order valence-corrected chi connectivity index (χ4v) is 13.7. The number of fused-ring (bicyclic) bond motifs is 15. The van der Waals surface area contributed by atoms with E-state index >= 15 is 0 Å². The molecule has 202 valence electrons. The highest BCUT2D eigenvalue weighted by Crippen LogP contribution is 2.46. The van der Waals surface area contributed by atoms with Gasteiger partial charge >= 0.3 is 0 Å². The largest absolute Gasteiger partial charge is 0.135 e. The third-order valence-electron chi connectivity index (χ3n) is 9.83. The molecule has 0 aliphatic carbocycles. The van der Waals surface area contributed by atoms with Gasteiger partial charge in [-0.1, -0.05) is 104 Å². The van der Waals surface area contributed by atoms with Crippen LogP contribution < -0.4 is 10.4 Å². The molecule has 0 saturated heterocycles. The van der Waals surface area contributed by atoms with Crippen LogP contribution in [0.5, 0.6) is 0 Å². The molecule has 3 heterocycles. The van der Waals surface area contributed by atoms with Gasteiger partial charge in [0.2, 0.25) is 0 Å². The number of hydrogen-bond donors (Lipinski definition) is 0. The fourth-order valence-electron chi connectivity index (χ4n) is 7.88. The number of benzene rings is 7. The first kappa shape index (κ1) is 24.2. The van der Waals surface area contributed by atoms with Gasteiger partial charge in [-0.3, -0.25) is 0 Å². The Balaban J connectivity index is 1.28. The predicted molar refractivity (Wildman–Crippen MR) is 195 cm³/mol. The number of thiophene rings is 2. The van der Waals surface area contributed by atoms with Crippen LogP contribution in [0.25, 0.3) is 84.1 Å². The predicted octanol–water partition coefficient (Wildman–Crippen LogP) is 11.2. The summed E-state index contributed by atoms with van der Waals surface area (Å²) in [5.41, 5.74) is 5.51. The Morgan fingerprint density at radius 3 is 1.88 bits per heavy atom. The molecule has 1 aliphatic heterocycles. The molecule has 0 amide bonds. The van der Waals surface area contributed by atoms with Crippen LogP contribution in [0.2, 0.25) is 13.1 Å². The lowest BCUT2D eigenvalue weighted by molar-refractivity contribution is 1.72. The SMILES string of the molecule is C[Si]1(C)c2ccccc2-c2c1c1c(ccc3c4cc(-c5ccc6sc7ccccc7c6c5)ccc4sc31)c1ccccc21. The van der Waals surface area contributed by atoms with Gasteiger partial charge in [-0.05, 0) is 79.1 Å². The summed E-state index contributed by atoms with van der Waals surface area (Å²) < 4.78 is 5.52. The lowest BCUT2D eigenvalue weighted by Gasteiger charge is -2.22. The standard InChI is InChI=1S/C40H26S2Si/c1-43(2)36-14-8-6-12-30(36)37-27-11-4-3-9-25(27)28-17-18-29-32-22-24(16-20-35(32)42-39(29)38(28)40(37)43)23-15-19-34-31(21-23)26-10-5-7-13-33(26)41-34/h3-22H,1-2H3. The minimum absolute atomic E-state index is 1.29. The van der Waals surface area contributed by atoms with Gasteiger partial charge in [-0.25, -0.2) is 0 Å². The van der Waals surface area contributed by atoms with Crippen molar-refractivity contribution in [1.82, 2.24) is 0 Å². The lowest BCUT2D eigenvalue weighted by Crippen LogP contribution is -2.49. The summed E-state index contributed by atoms with van der Waals surface area (Å²) in [6.45, 7) is 5.11.